The van der Waals surface area contributed by atoms with Gasteiger partial charge in [-0.3, -0.25) is 0 Å². The average molecular weight is 322 g/mol. The van der Waals surface area contributed by atoms with E-state index in [4.69, 9.17) is 13.8 Å². The van der Waals surface area contributed by atoms with E-state index in [1.54, 1.807) is 0 Å². The zero-order valence-electron chi connectivity index (χ0n) is 14.5. The van der Waals surface area contributed by atoms with Gasteiger partial charge in [-0.25, -0.2) is 4.39 Å². The van der Waals surface area contributed by atoms with Crippen molar-refractivity contribution in [3.63, 3.8) is 0 Å². The Labute approximate surface area is 136 Å². The van der Waals surface area contributed by atoms with Gasteiger partial charge in [0.25, 0.3) is 0 Å². The van der Waals surface area contributed by atoms with E-state index in [9.17, 15) is 4.39 Å². The highest BCUT2D eigenvalue weighted by Crippen LogP contribution is 2.43. The highest BCUT2D eigenvalue weighted by atomic mass is 19.1. The predicted molar refractivity (Wildman–Crippen MR) is 84.3 cm³/mol. The molecule has 1 aromatic heterocycles. The summed E-state index contributed by atoms with van der Waals surface area (Å²) >= 11 is 0. The lowest BCUT2D eigenvalue weighted by atomic mass is 9.71. The van der Waals surface area contributed by atoms with Crippen molar-refractivity contribution < 1.29 is 18.2 Å². The minimum Gasteiger partial charge on any atom is -0.398 e. The van der Waals surface area contributed by atoms with Gasteiger partial charge >= 0.3 is 7.12 Å². The van der Waals surface area contributed by atoms with Crippen LogP contribution in [0.15, 0.2) is 15.8 Å². The first kappa shape index (κ1) is 16.6. The third kappa shape index (κ3) is 3.09. The minimum atomic E-state index is -0.882. The lowest BCUT2D eigenvalue weighted by Crippen LogP contribution is -2.41. The van der Waals surface area contributed by atoms with E-state index in [0.29, 0.717) is 30.5 Å². The Morgan fingerprint density at radius 2 is 1.83 bits per heavy atom. The first-order valence-electron chi connectivity index (χ1n) is 8.26. The summed E-state index contributed by atoms with van der Waals surface area (Å²) in [5.41, 5.74) is -0.505. The molecule has 2 heterocycles. The summed E-state index contributed by atoms with van der Waals surface area (Å²) in [6.45, 7) is 9.68. The van der Waals surface area contributed by atoms with E-state index in [1.165, 1.54) is 0 Å². The third-order valence-corrected chi connectivity index (χ3v) is 5.15. The van der Waals surface area contributed by atoms with E-state index in [2.05, 4.69) is 10.1 Å². The van der Waals surface area contributed by atoms with Crippen LogP contribution in [0.4, 0.5) is 4.39 Å². The van der Waals surface area contributed by atoms with Gasteiger partial charge in [0.2, 0.25) is 5.89 Å². The summed E-state index contributed by atoms with van der Waals surface area (Å²) in [6, 6.07) is 0. The Morgan fingerprint density at radius 3 is 2.35 bits per heavy atom. The van der Waals surface area contributed by atoms with Crippen molar-refractivity contribution in [2.24, 2.45) is 5.92 Å². The van der Waals surface area contributed by atoms with Gasteiger partial charge in [-0.15, -0.1) is 0 Å². The number of aryl methyl sites for hydroxylation is 1. The molecule has 2 aliphatic rings. The topological polar surface area (TPSA) is 57.4 Å². The molecule has 0 unspecified atom stereocenters. The number of allylic oxidation sites excluding steroid dienone is 1. The van der Waals surface area contributed by atoms with Gasteiger partial charge < -0.3 is 13.8 Å². The molecule has 126 valence electrons. The van der Waals surface area contributed by atoms with Crippen LogP contribution in [0.1, 0.15) is 59.2 Å². The highest BCUT2D eigenvalue weighted by molar-refractivity contribution is 6.53. The first-order valence-corrected chi connectivity index (χ1v) is 8.26. The van der Waals surface area contributed by atoms with Crippen LogP contribution in [-0.4, -0.2) is 28.5 Å². The second-order valence-electron chi connectivity index (χ2n) is 7.48. The smallest absolute Gasteiger partial charge is 0.398 e. The summed E-state index contributed by atoms with van der Waals surface area (Å²) in [7, 11) is -0.882. The van der Waals surface area contributed by atoms with Gasteiger partial charge in [0.05, 0.1) is 11.2 Å². The fourth-order valence-corrected chi connectivity index (χ4v) is 2.86. The van der Waals surface area contributed by atoms with Crippen LogP contribution in [0.2, 0.25) is 0 Å². The second kappa shape index (κ2) is 5.70. The van der Waals surface area contributed by atoms with Crippen molar-refractivity contribution in [1.82, 2.24) is 10.1 Å². The number of aromatic nitrogens is 2. The highest BCUT2D eigenvalue weighted by Gasteiger charge is 2.54. The molecule has 0 N–H and O–H groups in total. The molecule has 0 bridgehead atoms. The molecular formula is C16H24BFN2O3. The lowest BCUT2D eigenvalue weighted by molar-refractivity contribution is 0.00578. The molecule has 1 saturated heterocycles. The summed E-state index contributed by atoms with van der Waals surface area (Å²) in [4.78, 5) is 4.30. The summed E-state index contributed by atoms with van der Waals surface area (Å²) in [6.07, 6.45) is 2.86. The zero-order chi connectivity index (χ0) is 16.8. The summed E-state index contributed by atoms with van der Waals surface area (Å²) in [5, 5.41) is 3.95. The molecule has 1 aromatic rings. The molecule has 0 amide bonds. The molecular weight excluding hydrogens is 298 g/mol. The van der Waals surface area contributed by atoms with Crippen molar-refractivity contribution in [2.45, 2.75) is 71.5 Å². The molecule has 3 rings (SSSR count). The van der Waals surface area contributed by atoms with E-state index in [1.807, 2.05) is 34.6 Å². The fraction of sp³-hybridized carbons (Fsp3) is 0.750. The normalized spacial score (nSPS) is 25.6. The molecule has 0 aromatic carbocycles. The zero-order valence-corrected chi connectivity index (χ0v) is 14.5. The number of hydrogen-bond acceptors (Lipinski definition) is 5. The Hall–Kier alpha value is -1.21. The van der Waals surface area contributed by atoms with Crippen LogP contribution >= 0.6 is 0 Å². The van der Waals surface area contributed by atoms with Gasteiger partial charge in [0, 0.05) is 12.8 Å². The molecule has 1 aliphatic carbocycles. The second-order valence-corrected chi connectivity index (χ2v) is 7.48. The van der Waals surface area contributed by atoms with E-state index in [0.717, 1.165) is 18.4 Å². The first-order chi connectivity index (χ1) is 10.7. The van der Waals surface area contributed by atoms with Gasteiger partial charge in [-0.05, 0) is 52.0 Å². The van der Waals surface area contributed by atoms with Gasteiger partial charge in [0.15, 0.2) is 5.82 Å². The number of hydrogen-bond donors (Lipinski definition) is 0. The average Bonchev–Trinajstić information content (AvgIpc) is 2.95. The Kier molecular flexibility index (Phi) is 4.13. The van der Waals surface area contributed by atoms with Gasteiger partial charge in [0.1, 0.15) is 5.73 Å². The maximum atomic E-state index is 14.6. The van der Waals surface area contributed by atoms with Gasteiger partial charge in [-0.1, -0.05) is 12.1 Å². The van der Waals surface area contributed by atoms with Crippen molar-refractivity contribution in [2.75, 3.05) is 0 Å². The summed E-state index contributed by atoms with van der Waals surface area (Å²) < 4.78 is 31.2. The van der Waals surface area contributed by atoms with Crippen LogP contribution in [0.25, 0.3) is 0 Å². The molecule has 7 heteroatoms. The molecule has 5 nitrogen and oxygen atoms in total. The van der Waals surface area contributed by atoms with Crippen LogP contribution < -0.4 is 0 Å². The Bertz CT molecular complexity index is 603. The van der Waals surface area contributed by atoms with Crippen molar-refractivity contribution in [3.05, 3.63) is 23.0 Å². The van der Waals surface area contributed by atoms with Crippen molar-refractivity contribution in [1.29, 1.82) is 0 Å². The maximum Gasteiger partial charge on any atom is 0.525 e. The van der Waals surface area contributed by atoms with Crippen LogP contribution in [0.5, 0.6) is 0 Å². The molecule has 1 saturated carbocycles. The van der Waals surface area contributed by atoms with Crippen LogP contribution in [-0.2, 0) is 22.2 Å². The third-order valence-electron chi connectivity index (χ3n) is 5.15. The number of nitrogens with zero attached hydrogens (tertiary/aromatic N) is 2. The molecule has 0 spiro atoms. The maximum absolute atomic E-state index is 14.6. The lowest BCUT2D eigenvalue weighted by Gasteiger charge is -2.32. The number of rotatable bonds is 4. The van der Waals surface area contributed by atoms with Crippen LogP contribution in [0, 0.1) is 5.92 Å². The molecule has 1 aliphatic heterocycles. The fourth-order valence-electron chi connectivity index (χ4n) is 2.86. The van der Waals surface area contributed by atoms with E-state index >= 15 is 0 Å². The minimum absolute atomic E-state index is 0.262. The summed E-state index contributed by atoms with van der Waals surface area (Å²) in [5.74, 6) is 1.72. The largest absolute Gasteiger partial charge is 0.525 e. The number of halogens is 1. The molecule has 2 fully saturated rings. The predicted octanol–water partition coefficient (Wildman–Crippen LogP) is 3.44. The monoisotopic (exact) mass is 322 g/mol. The SMILES string of the molecule is CCc1nc(CC2CC(=C(F)B3OC(C)(C)C(C)(C)O3)C2)no1. The van der Waals surface area contributed by atoms with Crippen LogP contribution in [0.3, 0.4) is 0 Å². The molecule has 0 atom stereocenters. The van der Waals surface area contributed by atoms with E-state index in [-0.39, 0.29) is 5.73 Å². The molecule has 23 heavy (non-hydrogen) atoms. The van der Waals surface area contributed by atoms with Crippen molar-refractivity contribution >= 4 is 7.12 Å². The van der Waals surface area contributed by atoms with E-state index < -0.39 is 18.3 Å². The Morgan fingerprint density at radius 1 is 1.22 bits per heavy atom. The molecule has 0 radical (unpaired) electrons. The van der Waals surface area contributed by atoms with Gasteiger partial charge in [-0.2, -0.15) is 4.98 Å². The Balaban J connectivity index is 1.58. The van der Waals surface area contributed by atoms with Crippen molar-refractivity contribution in [3.8, 4) is 0 Å². The standard InChI is InChI=1S/C16H24BFN2O3/c1-6-13-19-12(20-21-13)9-10-7-11(8-10)14(18)17-22-15(2,3)16(4,5)23-17/h10H,6-9H2,1-5H3. The quantitative estimate of drug-likeness (QED) is 0.795.